The van der Waals surface area contributed by atoms with Gasteiger partial charge < -0.3 is 51.2 Å². The number of likely N-dealkylation sites (tertiary alicyclic amines) is 2. The lowest BCUT2D eigenvalue weighted by Gasteiger charge is -2.32. The molecule has 73 heavy (non-hydrogen) atoms. The van der Waals surface area contributed by atoms with Crippen LogP contribution in [0.3, 0.4) is 0 Å². The van der Waals surface area contributed by atoms with Crippen molar-refractivity contribution >= 4 is 35.4 Å². The molecule has 0 radical (unpaired) electrons. The van der Waals surface area contributed by atoms with E-state index >= 15 is 0 Å². The number of hydrogen-bond acceptors (Lipinski definition) is 10. The number of nitrogens with zero attached hydrogens (tertiary/aromatic N) is 2. The maximum absolute atomic E-state index is 14.4. The van der Waals surface area contributed by atoms with Crippen molar-refractivity contribution in [3.8, 4) is 34.1 Å². The number of likely N-dealkylation sites (N-methyl/N-ethyl adjacent to an activating group) is 2. The quantitative estimate of drug-likeness (QED) is 0.0587. The first kappa shape index (κ1) is 52.4. The zero-order chi connectivity index (χ0) is 51.8. The van der Waals surface area contributed by atoms with E-state index in [4.69, 9.17) is 9.47 Å². The second-order valence-electron chi connectivity index (χ2n) is 19.3. The first-order chi connectivity index (χ1) is 35.3. The lowest BCUT2D eigenvalue weighted by atomic mass is 10.0. The van der Waals surface area contributed by atoms with E-state index in [0.29, 0.717) is 38.8 Å². The van der Waals surface area contributed by atoms with E-state index in [0.717, 1.165) is 44.5 Å². The zero-order valence-corrected chi connectivity index (χ0v) is 42.5. The normalized spacial score (nSPS) is 19.2. The Kier molecular flexibility index (Phi) is 17.1. The van der Waals surface area contributed by atoms with E-state index in [1.165, 1.54) is 0 Å². The summed E-state index contributed by atoms with van der Waals surface area (Å²) in [7, 11) is 3.31. The van der Waals surface area contributed by atoms with E-state index < -0.39 is 66.2 Å². The summed E-state index contributed by atoms with van der Waals surface area (Å²) in [5, 5.41) is 18.1. The fraction of sp³-hybridized carbons (Fsp3) is 0.439. The Hall–Kier alpha value is -6.90. The van der Waals surface area contributed by atoms with Crippen LogP contribution in [-0.4, -0.2) is 134 Å². The molecule has 16 heteroatoms. The molecule has 2 aliphatic carbocycles. The summed E-state index contributed by atoms with van der Waals surface area (Å²) >= 11 is 0. The fourth-order valence-electron chi connectivity index (χ4n) is 10.4. The number of hydrogen-bond donors (Lipinski definition) is 6. The molecule has 4 aliphatic rings. The highest BCUT2D eigenvalue weighted by Gasteiger charge is 2.43. The summed E-state index contributed by atoms with van der Waals surface area (Å²) in [4.78, 5) is 86.7. The summed E-state index contributed by atoms with van der Waals surface area (Å²) in [6, 6.07) is 26.4. The topological polar surface area (TPSA) is 200 Å². The molecule has 0 saturated carbocycles. The predicted molar refractivity (Wildman–Crippen MR) is 277 cm³/mol. The third kappa shape index (κ3) is 11.4. The van der Waals surface area contributed by atoms with Crippen LogP contribution in [0.4, 0.5) is 0 Å². The van der Waals surface area contributed by atoms with Crippen molar-refractivity contribution in [1.29, 1.82) is 0 Å². The van der Waals surface area contributed by atoms with Crippen molar-refractivity contribution in [3.63, 3.8) is 0 Å². The molecule has 16 nitrogen and oxygen atoms in total. The zero-order valence-electron chi connectivity index (χ0n) is 42.5. The van der Waals surface area contributed by atoms with Gasteiger partial charge in [-0.15, -0.1) is 0 Å². The van der Waals surface area contributed by atoms with Crippen LogP contribution in [0, 0.1) is 11.8 Å². The highest BCUT2D eigenvalue weighted by Crippen LogP contribution is 2.44. The summed E-state index contributed by atoms with van der Waals surface area (Å²) < 4.78 is 12.2. The molecule has 2 saturated heterocycles. The SMILES string of the molecule is CN[C@@H](C)C(=O)N[C@H](C(=O)N1CCC[C@H]1C(=O)NC1c2ccccc2-c2ccccc21)[C@@H](C)OCC#CCCO[C@H](C)[C@H](NC(=O)[C@H](C)NC)C(=O)N1CCC[C@H]1C(=O)NC1c2ccccc2-c2ccccc21. The predicted octanol–water partition coefficient (Wildman–Crippen LogP) is 4.13. The van der Waals surface area contributed by atoms with E-state index in [2.05, 4.69) is 43.7 Å². The number of nitrogens with one attached hydrogen (secondary N) is 6. The van der Waals surface area contributed by atoms with Crippen LogP contribution in [0.25, 0.3) is 22.3 Å². The summed E-state index contributed by atoms with van der Waals surface area (Å²) in [6.45, 7) is 7.53. The van der Waals surface area contributed by atoms with E-state index in [-0.39, 0.29) is 49.4 Å². The van der Waals surface area contributed by atoms with Gasteiger partial charge >= 0.3 is 0 Å². The Labute approximate surface area is 428 Å². The van der Waals surface area contributed by atoms with Gasteiger partial charge in [-0.2, -0.15) is 0 Å². The molecule has 2 aliphatic heterocycles. The molecular weight excluding hydrogens is 925 g/mol. The molecule has 2 heterocycles. The number of amides is 6. The van der Waals surface area contributed by atoms with Gasteiger partial charge in [0, 0.05) is 19.5 Å². The standard InChI is InChI=1S/C57H68N8O8/c1-34(58-5)52(66)60-48(56(70)64-30-18-28-46(64)54(68)62-50-42-24-12-8-20-38(42)39-21-9-13-25-43(39)50)36(3)72-32-16-7-17-33-73-37(4)49(61-53(67)35(2)59-6)57(71)65-31-19-29-47(65)55(69)63-51-44-26-14-10-22-40(44)41-23-11-15-27-45(41)51/h8-15,20-27,34-37,46-51,58-59H,16,18-19,28-33H2,1-6H3,(H,60,66)(H,61,67)(H,62,68)(H,63,69)/t34-,35-,36+,37+,46-,47-,48-,49-/m0/s1. The number of fused-ring (bicyclic) bond motifs is 6. The fourth-order valence-corrected chi connectivity index (χ4v) is 10.4. The first-order valence-corrected chi connectivity index (χ1v) is 25.5. The Morgan fingerprint density at radius 1 is 0.548 bits per heavy atom. The van der Waals surface area contributed by atoms with Gasteiger partial charge in [-0.25, -0.2) is 0 Å². The molecule has 6 amide bonds. The molecule has 4 aromatic carbocycles. The van der Waals surface area contributed by atoms with Gasteiger partial charge in [0.25, 0.3) is 0 Å². The Morgan fingerprint density at radius 2 is 0.918 bits per heavy atom. The van der Waals surface area contributed by atoms with Gasteiger partial charge in [0.15, 0.2) is 0 Å². The van der Waals surface area contributed by atoms with Crippen molar-refractivity contribution in [2.24, 2.45) is 0 Å². The van der Waals surface area contributed by atoms with Gasteiger partial charge in [0.2, 0.25) is 35.4 Å². The second kappa shape index (κ2) is 23.8. The van der Waals surface area contributed by atoms with Crippen molar-refractivity contribution in [3.05, 3.63) is 119 Å². The second-order valence-corrected chi connectivity index (χ2v) is 19.3. The van der Waals surface area contributed by atoms with E-state index in [9.17, 15) is 28.8 Å². The van der Waals surface area contributed by atoms with E-state index in [1.54, 1.807) is 51.6 Å². The average Bonchev–Trinajstić information content (AvgIpc) is 4.23. The molecule has 6 N–H and O–H groups in total. The number of rotatable bonds is 19. The van der Waals surface area contributed by atoms with Gasteiger partial charge in [-0.1, -0.05) is 109 Å². The lowest BCUT2D eigenvalue weighted by Crippen LogP contribution is -2.59. The molecule has 0 bridgehead atoms. The first-order valence-electron chi connectivity index (χ1n) is 25.5. The molecule has 8 atom stereocenters. The van der Waals surface area contributed by atoms with Gasteiger partial charge in [-0.05, 0) is 112 Å². The Morgan fingerprint density at radius 3 is 1.30 bits per heavy atom. The number of benzene rings is 4. The van der Waals surface area contributed by atoms with Gasteiger partial charge in [0.1, 0.15) is 30.8 Å². The maximum atomic E-state index is 14.4. The summed E-state index contributed by atoms with van der Waals surface area (Å²) in [5.41, 5.74) is 8.26. The third-order valence-corrected chi connectivity index (χ3v) is 14.8. The summed E-state index contributed by atoms with van der Waals surface area (Å²) in [6.07, 6.45) is 0.844. The van der Waals surface area contributed by atoms with Crippen LogP contribution in [0.1, 0.15) is 94.1 Å². The van der Waals surface area contributed by atoms with Crippen molar-refractivity contribution in [2.75, 3.05) is 40.4 Å². The molecule has 0 aromatic heterocycles. The van der Waals surface area contributed by atoms with Crippen molar-refractivity contribution in [2.45, 2.75) is 120 Å². The average molecular weight is 993 g/mol. The highest BCUT2D eigenvalue weighted by molar-refractivity contribution is 5.96. The highest BCUT2D eigenvalue weighted by atomic mass is 16.5. The van der Waals surface area contributed by atoms with E-state index in [1.807, 2.05) is 97.1 Å². The Bertz CT molecular complexity index is 2660. The van der Waals surface area contributed by atoms with Crippen LogP contribution in [0.5, 0.6) is 0 Å². The Balaban J connectivity index is 0.871. The molecule has 0 spiro atoms. The number of carbonyl (C=O) groups is 6. The minimum absolute atomic E-state index is 0.0715. The minimum atomic E-state index is -1.11. The molecule has 2 fully saturated rings. The lowest BCUT2D eigenvalue weighted by molar-refractivity contribution is -0.145. The molecule has 384 valence electrons. The van der Waals surface area contributed by atoms with Crippen LogP contribution in [-0.2, 0) is 38.2 Å². The number of carbonyl (C=O) groups excluding carboxylic acids is 6. The largest absolute Gasteiger partial charge is 0.375 e. The number of ether oxygens (including phenoxy) is 2. The molecule has 0 unspecified atom stereocenters. The molecule has 8 rings (SSSR count). The minimum Gasteiger partial charge on any atom is -0.375 e. The van der Waals surface area contributed by atoms with Crippen molar-refractivity contribution in [1.82, 2.24) is 41.7 Å². The monoisotopic (exact) mass is 993 g/mol. The van der Waals surface area contributed by atoms with Crippen LogP contribution in [0.15, 0.2) is 97.1 Å². The van der Waals surface area contributed by atoms with Crippen LogP contribution in [0.2, 0.25) is 0 Å². The smallest absolute Gasteiger partial charge is 0.248 e. The van der Waals surface area contributed by atoms with Crippen LogP contribution >= 0.6 is 0 Å². The molecule has 4 aromatic rings. The molecular formula is C57H68N8O8. The third-order valence-electron chi connectivity index (χ3n) is 14.8. The maximum Gasteiger partial charge on any atom is 0.248 e. The van der Waals surface area contributed by atoms with Crippen molar-refractivity contribution < 1.29 is 38.2 Å². The van der Waals surface area contributed by atoms with Crippen LogP contribution < -0.4 is 31.9 Å². The summed E-state index contributed by atoms with van der Waals surface area (Å²) in [5.74, 6) is 3.86. The van der Waals surface area contributed by atoms with Gasteiger partial charge in [0.05, 0.1) is 43.0 Å². The van der Waals surface area contributed by atoms with Gasteiger partial charge in [-0.3, -0.25) is 28.8 Å².